The molecular weight excluding hydrogens is 360 g/mol. The van der Waals surface area contributed by atoms with Gasteiger partial charge in [-0.2, -0.15) is 0 Å². The van der Waals surface area contributed by atoms with Crippen LogP contribution in [0.3, 0.4) is 0 Å². The Labute approximate surface area is 162 Å². The highest BCUT2D eigenvalue weighted by atomic mass is 16.6. The van der Waals surface area contributed by atoms with Gasteiger partial charge in [0.25, 0.3) is 17.7 Å². The summed E-state index contributed by atoms with van der Waals surface area (Å²) in [4.78, 5) is 39.1. The molecule has 28 heavy (non-hydrogen) atoms. The molecule has 0 saturated carbocycles. The van der Waals surface area contributed by atoms with Crippen LogP contribution in [0.25, 0.3) is 0 Å². The topological polar surface area (TPSA) is 84.9 Å². The highest BCUT2D eigenvalue weighted by Crippen LogP contribution is 2.33. The molecule has 2 aromatic rings. The van der Waals surface area contributed by atoms with E-state index in [9.17, 15) is 14.4 Å². The Morgan fingerprint density at radius 1 is 0.929 bits per heavy atom. The minimum absolute atomic E-state index is 0.245. The second-order valence-corrected chi connectivity index (χ2v) is 7.69. The highest BCUT2D eigenvalue weighted by Gasteiger charge is 2.42. The largest absolute Gasteiger partial charge is 0.486 e. The van der Waals surface area contributed by atoms with E-state index in [0.29, 0.717) is 41.5 Å². The zero-order valence-corrected chi connectivity index (χ0v) is 15.9. The molecule has 2 heterocycles. The van der Waals surface area contributed by atoms with Crippen LogP contribution in [0.2, 0.25) is 0 Å². The molecule has 0 aromatic heterocycles. The summed E-state index contributed by atoms with van der Waals surface area (Å²) in [7, 11) is 0. The fourth-order valence-corrected chi connectivity index (χ4v) is 3.32. The number of ether oxygens (including phenoxy) is 2. The minimum atomic E-state index is -0.638. The molecule has 1 N–H and O–H groups in total. The van der Waals surface area contributed by atoms with E-state index >= 15 is 0 Å². The molecule has 3 amide bonds. The first-order valence-electron chi connectivity index (χ1n) is 8.99. The summed E-state index contributed by atoms with van der Waals surface area (Å²) in [5.74, 6) is 0.0921. The fraction of sp³-hybridized carbons (Fsp3) is 0.286. The first-order valence-corrected chi connectivity index (χ1v) is 8.99. The maximum atomic E-state index is 12.7. The van der Waals surface area contributed by atoms with E-state index in [0.717, 1.165) is 0 Å². The van der Waals surface area contributed by atoms with E-state index in [1.54, 1.807) is 45.0 Å². The number of hydrogen-bond donors (Lipinski definition) is 1. The molecule has 0 fully saturated rings. The van der Waals surface area contributed by atoms with Crippen molar-refractivity contribution in [2.45, 2.75) is 26.3 Å². The van der Waals surface area contributed by atoms with Gasteiger partial charge >= 0.3 is 0 Å². The van der Waals surface area contributed by atoms with Crippen LogP contribution >= 0.6 is 0 Å². The molecule has 0 spiro atoms. The Morgan fingerprint density at radius 3 is 2.32 bits per heavy atom. The predicted molar refractivity (Wildman–Crippen MR) is 102 cm³/mol. The number of benzene rings is 2. The molecule has 0 atom stereocenters. The van der Waals surface area contributed by atoms with Crippen LogP contribution < -0.4 is 14.8 Å². The summed E-state index contributed by atoms with van der Waals surface area (Å²) in [5.41, 5.74) is 0.769. The molecule has 7 heteroatoms. The number of carbonyl (C=O) groups excluding carboxylic acids is 3. The van der Waals surface area contributed by atoms with Crippen molar-refractivity contribution in [3.05, 3.63) is 53.1 Å². The number of anilines is 1. The summed E-state index contributed by atoms with van der Waals surface area (Å²) in [6, 6.07) is 9.68. The van der Waals surface area contributed by atoms with Crippen molar-refractivity contribution in [1.82, 2.24) is 4.90 Å². The number of amides is 3. The number of rotatable bonds is 2. The molecule has 2 aromatic carbocycles. The van der Waals surface area contributed by atoms with Crippen molar-refractivity contribution in [2.75, 3.05) is 18.5 Å². The minimum Gasteiger partial charge on any atom is -0.486 e. The Hall–Kier alpha value is -3.35. The Bertz CT molecular complexity index is 1010. The van der Waals surface area contributed by atoms with Gasteiger partial charge in [0.2, 0.25) is 0 Å². The average molecular weight is 380 g/mol. The monoisotopic (exact) mass is 380 g/mol. The lowest BCUT2D eigenvalue weighted by Gasteiger charge is -2.29. The molecule has 0 saturated heterocycles. The third-order valence-electron chi connectivity index (χ3n) is 4.62. The zero-order valence-electron chi connectivity index (χ0n) is 15.9. The summed E-state index contributed by atoms with van der Waals surface area (Å²) < 4.78 is 11.0. The smallest absolute Gasteiger partial charge is 0.262 e. The van der Waals surface area contributed by atoms with Crippen LogP contribution in [0.1, 0.15) is 51.8 Å². The Balaban J connectivity index is 1.58. The van der Waals surface area contributed by atoms with E-state index in [-0.39, 0.29) is 23.3 Å². The van der Waals surface area contributed by atoms with Crippen LogP contribution in [0, 0.1) is 0 Å². The van der Waals surface area contributed by atoms with E-state index in [2.05, 4.69) is 5.32 Å². The molecule has 4 rings (SSSR count). The van der Waals surface area contributed by atoms with Crippen molar-refractivity contribution in [1.29, 1.82) is 0 Å². The second-order valence-electron chi connectivity index (χ2n) is 7.69. The van der Waals surface area contributed by atoms with E-state index < -0.39 is 5.54 Å². The summed E-state index contributed by atoms with van der Waals surface area (Å²) in [5, 5.41) is 2.78. The summed E-state index contributed by atoms with van der Waals surface area (Å²) in [6.07, 6.45) is 0. The Kier molecular flexibility index (Phi) is 4.10. The molecule has 2 aliphatic rings. The first-order chi connectivity index (χ1) is 13.3. The number of nitrogens with zero attached hydrogens (tertiary/aromatic N) is 1. The SMILES string of the molecule is CC(C)(C)N1C(=O)c2ccc(C(=O)Nc3ccc4c(c3)OCCO4)cc2C1=O. The van der Waals surface area contributed by atoms with Crippen molar-refractivity contribution < 1.29 is 23.9 Å². The molecule has 2 aliphatic heterocycles. The van der Waals surface area contributed by atoms with Gasteiger partial charge in [0.05, 0.1) is 11.1 Å². The number of imide groups is 1. The molecule has 144 valence electrons. The van der Waals surface area contributed by atoms with E-state index in [1.165, 1.54) is 17.0 Å². The van der Waals surface area contributed by atoms with Gasteiger partial charge in [0.1, 0.15) is 13.2 Å². The average Bonchev–Trinajstić information content (AvgIpc) is 2.91. The lowest BCUT2D eigenvalue weighted by atomic mass is 10.1. The molecule has 0 bridgehead atoms. The standard InChI is InChI=1S/C21H20N2O5/c1-21(2,3)23-19(25)14-6-4-12(10-15(14)20(23)26)18(24)22-13-5-7-16-17(11-13)28-9-8-27-16/h4-7,10-11H,8-9H2,1-3H3,(H,22,24). The number of nitrogens with one attached hydrogen (secondary N) is 1. The van der Waals surface area contributed by atoms with Gasteiger partial charge in [-0.25, -0.2) is 0 Å². The van der Waals surface area contributed by atoms with Crippen molar-refractivity contribution in [2.24, 2.45) is 0 Å². The second kappa shape index (κ2) is 6.37. The maximum Gasteiger partial charge on any atom is 0.262 e. The van der Waals surface area contributed by atoms with Gasteiger partial charge in [-0.1, -0.05) is 0 Å². The molecule has 0 aliphatic carbocycles. The van der Waals surface area contributed by atoms with Gasteiger partial charge < -0.3 is 14.8 Å². The fourth-order valence-electron chi connectivity index (χ4n) is 3.32. The number of hydrogen-bond acceptors (Lipinski definition) is 5. The maximum absolute atomic E-state index is 12.7. The van der Waals surface area contributed by atoms with Gasteiger partial charge in [0, 0.05) is 22.9 Å². The quantitative estimate of drug-likeness (QED) is 0.810. The van der Waals surface area contributed by atoms with Crippen LogP contribution in [-0.2, 0) is 0 Å². The van der Waals surface area contributed by atoms with Gasteiger partial charge in [-0.05, 0) is 51.1 Å². The van der Waals surface area contributed by atoms with Crippen LogP contribution in [-0.4, -0.2) is 41.4 Å². The molecule has 7 nitrogen and oxygen atoms in total. The molecule has 0 unspecified atom stereocenters. The van der Waals surface area contributed by atoms with Crippen LogP contribution in [0.5, 0.6) is 11.5 Å². The lowest BCUT2D eigenvalue weighted by molar-refractivity contribution is 0.0507. The van der Waals surface area contributed by atoms with Crippen LogP contribution in [0.15, 0.2) is 36.4 Å². The van der Waals surface area contributed by atoms with E-state index in [4.69, 9.17) is 9.47 Å². The van der Waals surface area contributed by atoms with Gasteiger partial charge in [-0.3, -0.25) is 19.3 Å². The summed E-state index contributed by atoms with van der Waals surface area (Å²) in [6.45, 7) is 6.33. The normalized spacial score (nSPS) is 15.5. The van der Waals surface area contributed by atoms with Crippen molar-refractivity contribution in [3.63, 3.8) is 0 Å². The Morgan fingerprint density at radius 2 is 1.61 bits per heavy atom. The van der Waals surface area contributed by atoms with E-state index in [1.807, 2.05) is 0 Å². The zero-order chi connectivity index (χ0) is 20.1. The lowest BCUT2D eigenvalue weighted by Crippen LogP contribution is -2.45. The van der Waals surface area contributed by atoms with Gasteiger partial charge in [0.15, 0.2) is 11.5 Å². The highest BCUT2D eigenvalue weighted by molar-refractivity contribution is 6.22. The van der Waals surface area contributed by atoms with Crippen molar-refractivity contribution in [3.8, 4) is 11.5 Å². The summed E-state index contributed by atoms with van der Waals surface area (Å²) >= 11 is 0. The van der Waals surface area contributed by atoms with Gasteiger partial charge in [-0.15, -0.1) is 0 Å². The van der Waals surface area contributed by atoms with Crippen molar-refractivity contribution >= 4 is 23.4 Å². The van der Waals surface area contributed by atoms with Crippen LogP contribution in [0.4, 0.5) is 5.69 Å². The predicted octanol–water partition coefficient (Wildman–Crippen LogP) is 3.10. The third-order valence-corrected chi connectivity index (χ3v) is 4.62. The number of carbonyl (C=O) groups is 3. The molecule has 0 radical (unpaired) electrons. The third kappa shape index (κ3) is 2.98. The first kappa shape index (κ1) is 18.0. The number of fused-ring (bicyclic) bond motifs is 2. The molecular formula is C21H20N2O5.